The zero-order valence-corrected chi connectivity index (χ0v) is 14.1. The number of carbonyl (C=O) groups is 2. The summed E-state index contributed by atoms with van der Waals surface area (Å²) in [5.74, 6) is -1.67. The van der Waals surface area contributed by atoms with Crippen molar-refractivity contribution in [3.63, 3.8) is 0 Å². The predicted octanol–water partition coefficient (Wildman–Crippen LogP) is -0.0163. The molecular formula is C15H21N3O8. The molecule has 0 aliphatic heterocycles. The highest BCUT2D eigenvalue weighted by Gasteiger charge is 2.22. The van der Waals surface area contributed by atoms with Gasteiger partial charge in [0.15, 0.2) is 0 Å². The number of aliphatic hydroxyl groups excluding tert-OH is 1. The summed E-state index contributed by atoms with van der Waals surface area (Å²) in [6.07, 6.45) is -0.402. The number of nitro benzene ring substituents is 1. The van der Waals surface area contributed by atoms with Crippen LogP contribution in [0, 0.1) is 10.1 Å². The number of hydrogen-bond acceptors (Lipinski definition) is 8. The van der Waals surface area contributed by atoms with Gasteiger partial charge in [-0.05, 0) is 6.07 Å². The highest BCUT2D eigenvalue weighted by atomic mass is 16.6. The Labute approximate surface area is 149 Å². The van der Waals surface area contributed by atoms with Crippen LogP contribution in [-0.2, 0) is 14.3 Å². The van der Waals surface area contributed by atoms with Gasteiger partial charge >= 0.3 is 5.97 Å². The molecule has 0 bridgehead atoms. The summed E-state index contributed by atoms with van der Waals surface area (Å²) < 4.78 is 10.0. The first kappa shape index (κ1) is 21.3. The number of anilines is 1. The highest BCUT2D eigenvalue weighted by Crippen LogP contribution is 2.28. The molecule has 144 valence electrons. The van der Waals surface area contributed by atoms with Crippen molar-refractivity contribution in [1.82, 2.24) is 5.32 Å². The molecule has 26 heavy (non-hydrogen) atoms. The lowest BCUT2D eigenvalue weighted by Gasteiger charge is -2.15. The number of hydrogen-bond donors (Lipinski definition) is 4. The lowest BCUT2D eigenvalue weighted by Crippen LogP contribution is -2.41. The Bertz CT molecular complexity index is 637. The van der Waals surface area contributed by atoms with Crippen LogP contribution in [-0.4, -0.2) is 66.5 Å². The molecule has 0 saturated heterocycles. The zero-order chi connectivity index (χ0) is 19.5. The second kappa shape index (κ2) is 11.0. The smallest absolute Gasteiger partial charge is 0.321 e. The minimum Gasteiger partial charge on any atom is -0.495 e. The summed E-state index contributed by atoms with van der Waals surface area (Å²) in [6.45, 7) is 0.331. The van der Waals surface area contributed by atoms with Gasteiger partial charge in [0.2, 0.25) is 5.91 Å². The number of aliphatic hydroxyl groups is 1. The quantitative estimate of drug-likeness (QED) is 0.225. The number of nitrogens with zero attached hydrogens (tertiary/aromatic N) is 1. The number of nitrogens with one attached hydrogen (secondary N) is 2. The number of nitro groups is 1. The molecule has 0 aliphatic carbocycles. The average molecular weight is 371 g/mol. The van der Waals surface area contributed by atoms with E-state index in [4.69, 9.17) is 14.6 Å². The van der Waals surface area contributed by atoms with Crippen molar-refractivity contribution >= 4 is 23.3 Å². The van der Waals surface area contributed by atoms with E-state index >= 15 is 0 Å². The van der Waals surface area contributed by atoms with Crippen LogP contribution >= 0.6 is 0 Å². The second-order valence-corrected chi connectivity index (χ2v) is 5.07. The van der Waals surface area contributed by atoms with Gasteiger partial charge in [-0.1, -0.05) is 0 Å². The number of rotatable bonds is 12. The fourth-order valence-electron chi connectivity index (χ4n) is 2.01. The molecule has 0 radical (unpaired) electrons. The van der Waals surface area contributed by atoms with E-state index in [0.29, 0.717) is 0 Å². The van der Waals surface area contributed by atoms with E-state index < -0.39 is 29.3 Å². The maximum Gasteiger partial charge on any atom is 0.321 e. The number of carboxylic acid groups (broad SMARTS) is 1. The Hall–Kier alpha value is -2.76. The highest BCUT2D eigenvalue weighted by molar-refractivity contribution is 5.95. The summed E-state index contributed by atoms with van der Waals surface area (Å²) in [5, 5.41) is 33.6. The van der Waals surface area contributed by atoms with Gasteiger partial charge in [-0.25, -0.2) is 0 Å². The van der Waals surface area contributed by atoms with Crippen molar-refractivity contribution in [2.45, 2.75) is 12.5 Å². The number of benzene rings is 1. The standard InChI is InChI=1S/C15H21N3O8/c1-25-13-3-2-10(18(23)24)8-11(13)17-14(20)9-12(15(21)22)16-4-6-26-7-5-19/h2-3,8,12,16,19H,4-7,9H2,1H3,(H,17,20)(H,21,22). The minimum atomic E-state index is -1.23. The van der Waals surface area contributed by atoms with E-state index in [-0.39, 0.29) is 43.5 Å². The molecule has 0 aromatic heterocycles. The first-order valence-electron chi connectivity index (χ1n) is 7.66. The number of ether oxygens (including phenoxy) is 2. The summed E-state index contributed by atoms with van der Waals surface area (Å²) in [6, 6.07) is 2.52. The summed E-state index contributed by atoms with van der Waals surface area (Å²) >= 11 is 0. The molecule has 1 aromatic rings. The van der Waals surface area contributed by atoms with Gasteiger partial charge < -0.3 is 30.3 Å². The second-order valence-electron chi connectivity index (χ2n) is 5.07. The molecular weight excluding hydrogens is 350 g/mol. The van der Waals surface area contributed by atoms with Gasteiger partial charge in [0.1, 0.15) is 11.8 Å². The number of carbonyl (C=O) groups excluding carboxylic acids is 1. The number of non-ortho nitro benzene ring substituents is 1. The number of aliphatic carboxylic acids is 1. The Morgan fingerprint density at radius 2 is 2.08 bits per heavy atom. The molecule has 4 N–H and O–H groups in total. The maximum atomic E-state index is 12.1. The van der Waals surface area contributed by atoms with Gasteiger partial charge in [-0.3, -0.25) is 19.7 Å². The van der Waals surface area contributed by atoms with Gasteiger partial charge in [0.05, 0.1) is 44.0 Å². The lowest BCUT2D eigenvalue weighted by atomic mass is 10.2. The van der Waals surface area contributed by atoms with Crippen molar-refractivity contribution in [2.75, 3.05) is 38.8 Å². The summed E-state index contributed by atoms with van der Waals surface area (Å²) in [5.41, 5.74) is -0.169. The van der Waals surface area contributed by atoms with Crippen LogP contribution in [0.25, 0.3) is 0 Å². The van der Waals surface area contributed by atoms with Crippen molar-refractivity contribution in [2.24, 2.45) is 0 Å². The molecule has 0 spiro atoms. The molecule has 11 heteroatoms. The molecule has 0 saturated carbocycles. The van der Waals surface area contributed by atoms with Crippen LogP contribution in [0.5, 0.6) is 5.75 Å². The molecule has 11 nitrogen and oxygen atoms in total. The van der Waals surface area contributed by atoms with Crippen molar-refractivity contribution in [3.05, 3.63) is 28.3 Å². The van der Waals surface area contributed by atoms with Gasteiger partial charge in [-0.2, -0.15) is 0 Å². The summed E-state index contributed by atoms with van der Waals surface area (Å²) in [7, 11) is 1.34. The Morgan fingerprint density at radius 1 is 1.35 bits per heavy atom. The first-order chi connectivity index (χ1) is 12.4. The van der Waals surface area contributed by atoms with Crippen LogP contribution in [0.1, 0.15) is 6.42 Å². The van der Waals surface area contributed by atoms with E-state index in [1.54, 1.807) is 0 Å². The zero-order valence-electron chi connectivity index (χ0n) is 14.1. The van der Waals surface area contributed by atoms with Gasteiger partial charge in [-0.15, -0.1) is 0 Å². The van der Waals surface area contributed by atoms with Crippen LogP contribution in [0.4, 0.5) is 11.4 Å². The van der Waals surface area contributed by atoms with Crippen molar-refractivity contribution < 1.29 is 34.2 Å². The Kier molecular flexibility index (Phi) is 8.98. The van der Waals surface area contributed by atoms with E-state index in [9.17, 15) is 24.8 Å². The number of amides is 1. The van der Waals surface area contributed by atoms with Crippen LogP contribution < -0.4 is 15.4 Å². The van der Waals surface area contributed by atoms with Crippen molar-refractivity contribution in [1.29, 1.82) is 0 Å². The number of carboxylic acids is 1. The average Bonchev–Trinajstić information content (AvgIpc) is 2.60. The van der Waals surface area contributed by atoms with E-state index in [0.717, 1.165) is 6.07 Å². The Balaban J connectivity index is 2.68. The lowest BCUT2D eigenvalue weighted by molar-refractivity contribution is -0.384. The third-order valence-electron chi connectivity index (χ3n) is 3.23. The van der Waals surface area contributed by atoms with Crippen LogP contribution in [0.2, 0.25) is 0 Å². The van der Waals surface area contributed by atoms with Gasteiger partial charge in [0, 0.05) is 18.7 Å². The number of methoxy groups -OCH3 is 1. The molecule has 0 aliphatic rings. The monoisotopic (exact) mass is 371 g/mol. The molecule has 1 rings (SSSR count). The van der Waals surface area contributed by atoms with Crippen molar-refractivity contribution in [3.8, 4) is 5.75 Å². The maximum absolute atomic E-state index is 12.1. The van der Waals surface area contributed by atoms with E-state index in [1.807, 2.05) is 0 Å². The van der Waals surface area contributed by atoms with E-state index in [2.05, 4.69) is 10.6 Å². The third-order valence-corrected chi connectivity index (χ3v) is 3.23. The topological polar surface area (TPSA) is 160 Å². The minimum absolute atomic E-state index is 0.0714. The molecule has 1 atom stereocenters. The largest absolute Gasteiger partial charge is 0.495 e. The predicted molar refractivity (Wildman–Crippen MR) is 90.2 cm³/mol. The fraction of sp³-hybridized carbons (Fsp3) is 0.467. The molecule has 1 aromatic carbocycles. The third kappa shape index (κ3) is 7.01. The SMILES string of the molecule is COc1ccc([N+](=O)[O-])cc1NC(=O)CC(NCCOCCO)C(=O)O. The molecule has 1 amide bonds. The summed E-state index contributed by atoms with van der Waals surface area (Å²) in [4.78, 5) is 33.6. The molecule has 0 heterocycles. The molecule has 1 unspecified atom stereocenters. The Morgan fingerprint density at radius 3 is 2.65 bits per heavy atom. The first-order valence-corrected chi connectivity index (χ1v) is 7.66. The fourth-order valence-corrected chi connectivity index (χ4v) is 2.01. The normalized spacial score (nSPS) is 11.6. The van der Waals surface area contributed by atoms with E-state index in [1.165, 1.54) is 19.2 Å². The van der Waals surface area contributed by atoms with Crippen LogP contribution in [0.3, 0.4) is 0 Å². The van der Waals surface area contributed by atoms with Crippen LogP contribution in [0.15, 0.2) is 18.2 Å². The van der Waals surface area contributed by atoms with Gasteiger partial charge in [0.25, 0.3) is 5.69 Å². The molecule has 0 fully saturated rings.